The van der Waals surface area contributed by atoms with Crippen LogP contribution in [0.25, 0.3) is 0 Å². The van der Waals surface area contributed by atoms with Crippen LogP contribution >= 0.6 is 11.6 Å². The molecule has 0 aliphatic carbocycles. The molecule has 0 saturated heterocycles. The molecule has 0 bridgehead atoms. The van der Waals surface area contributed by atoms with Crippen molar-refractivity contribution in [1.29, 1.82) is 0 Å². The fourth-order valence-corrected chi connectivity index (χ4v) is 3.06. The van der Waals surface area contributed by atoms with E-state index in [1.807, 2.05) is 19.1 Å². The maximum absolute atomic E-state index is 9.60. The van der Waals surface area contributed by atoms with Crippen LogP contribution < -0.4 is 4.90 Å². The Morgan fingerprint density at radius 3 is 2.71 bits per heavy atom. The third kappa shape index (κ3) is 2.43. The van der Waals surface area contributed by atoms with E-state index in [0.29, 0.717) is 12.1 Å². The van der Waals surface area contributed by atoms with Gasteiger partial charge in [-0.2, -0.15) is 0 Å². The second-order valence-corrected chi connectivity index (χ2v) is 5.59. The van der Waals surface area contributed by atoms with Crippen LogP contribution in [-0.2, 0) is 6.42 Å². The van der Waals surface area contributed by atoms with Gasteiger partial charge < -0.3 is 10.0 Å². The summed E-state index contributed by atoms with van der Waals surface area (Å²) in [5.74, 6) is 0. The Morgan fingerprint density at radius 1 is 1.41 bits per heavy atom. The molecule has 1 aromatic carbocycles. The van der Waals surface area contributed by atoms with Gasteiger partial charge in [0.15, 0.2) is 0 Å². The fraction of sp³-hybridized carbons (Fsp3) is 0.571. The van der Waals surface area contributed by atoms with Crippen molar-refractivity contribution in [2.45, 2.75) is 51.8 Å². The Hall–Kier alpha value is -0.730. The molecule has 1 aromatic rings. The molecule has 2 atom stereocenters. The highest BCUT2D eigenvalue weighted by Crippen LogP contribution is 2.39. The lowest BCUT2D eigenvalue weighted by Crippen LogP contribution is -2.39. The third-order valence-corrected chi connectivity index (χ3v) is 3.73. The Balaban J connectivity index is 2.34. The summed E-state index contributed by atoms with van der Waals surface area (Å²) in [6.07, 6.45) is 1.47. The van der Waals surface area contributed by atoms with Gasteiger partial charge in [-0.1, -0.05) is 17.7 Å². The zero-order chi connectivity index (χ0) is 12.6. The first-order valence-corrected chi connectivity index (χ1v) is 6.62. The van der Waals surface area contributed by atoms with Gasteiger partial charge in [0.25, 0.3) is 0 Å². The average molecular weight is 254 g/mol. The molecule has 17 heavy (non-hydrogen) atoms. The highest BCUT2D eigenvalue weighted by Gasteiger charge is 2.32. The second kappa shape index (κ2) is 4.87. The van der Waals surface area contributed by atoms with E-state index in [4.69, 9.17) is 11.6 Å². The first kappa shape index (κ1) is 12.7. The minimum atomic E-state index is -0.269. The molecule has 2 nitrogen and oxygen atoms in total. The fourth-order valence-electron chi connectivity index (χ4n) is 2.81. The number of benzene rings is 1. The number of aliphatic hydroxyl groups is 1. The summed E-state index contributed by atoms with van der Waals surface area (Å²) in [6.45, 7) is 6.22. The van der Waals surface area contributed by atoms with Gasteiger partial charge in [-0.25, -0.2) is 0 Å². The van der Waals surface area contributed by atoms with Gasteiger partial charge in [-0.3, -0.25) is 0 Å². The van der Waals surface area contributed by atoms with E-state index in [1.165, 1.54) is 11.3 Å². The number of anilines is 1. The van der Waals surface area contributed by atoms with Crippen LogP contribution in [0.4, 0.5) is 5.69 Å². The molecule has 3 heteroatoms. The molecule has 0 aromatic heterocycles. The van der Waals surface area contributed by atoms with Crippen LogP contribution in [0.15, 0.2) is 18.2 Å². The third-order valence-electron chi connectivity index (χ3n) is 3.37. The van der Waals surface area contributed by atoms with Crippen molar-refractivity contribution in [3.63, 3.8) is 0 Å². The Labute approximate surface area is 108 Å². The van der Waals surface area contributed by atoms with Crippen LogP contribution in [0.3, 0.4) is 0 Å². The number of hydrogen-bond acceptors (Lipinski definition) is 2. The quantitative estimate of drug-likeness (QED) is 0.894. The van der Waals surface area contributed by atoms with Crippen molar-refractivity contribution in [2.75, 3.05) is 4.90 Å². The first-order valence-electron chi connectivity index (χ1n) is 6.24. The Kier molecular flexibility index (Phi) is 3.64. The van der Waals surface area contributed by atoms with E-state index in [2.05, 4.69) is 24.8 Å². The van der Waals surface area contributed by atoms with Gasteiger partial charge in [0.2, 0.25) is 0 Å². The van der Waals surface area contributed by atoms with Crippen LogP contribution in [-0.4, -0.2) is 23.3 Å². The zero-order valence-electron chi connectivity index (χ0n) is 10.7. The van der Waals surface area contributed by atoms with E-state index in [-0.39, 0.29) is 6.10 Å². The molecule has 0 radical (unpaired) electrons. The average Bonchev–Trinajstić information content (AvgIpc) is 2.56. The minimum absolute atomic E-state index is 0.269. The maximum atomic E-state index is 9.60. The number of nitrogens with zero attached hydrogens (tertiary/aromatic N) is 1. The molecule has 0 saturated carbocycles. The van der Waals surface area contributed by atoms with E-state index in [0.717, 1.165) is 17.9 Å². The lowest BCUT2D eigenvalue weighted by atomic mass is 10.0. The smallest absolute Gasteiger partial charge is 0.0531 e. The Bertz CT molecular complexity index is 403. The molecular formula is C14H20ClNO. The van der Waals surface area contributed by atoms with Crippen molar-refractivity contribution in [3.8, 4) is 0 Å². The monoisotopic (exact) mass is 253 g/mol. The number of aliphatic hydroxyl groups excluding tert-OH is 1. The summed E-state index contributed by atoms with van der Waals surface area (Å²) in [7, 11) is 0. The summed E-state index contributed by atoms with van der Waals surface area (Å²) in [4.78, 5) is 2.38. The van der Waals surface area contributed by atoms with E-state index < -0.39 is 0 Å². The molecule has 1 N–H and O–H groups in total. The molecule has 94 valence electrons. The van der Waals surface area contributed by atoms with Crippen LogP contribution in [0.1, 0.15) is 32.8 Å². The number of fused-ring (bicyclic) bond motifs is 1. The highest BCUT2D eigenvalue weighted by atomic mass is 35.5. The van der Waals surface area contributed by atoms with Crippen LogP contribution in [0.2, 0.25) is 5.02 Å². The molecule has 2 rings (SSSR count). The summed E-state index contributed by atoms with van der Waals surface area (Å²) < 4.78 is 0. The van der Waals surface area contributed by atoms with Crippen molar-refractivity contribution in [1.82, 2.24) is 0 Å². The molecular weight excluding hydrogens is 234 g/mol. The van der Waals surface area contributed by atoms with Gasteiger partial charge in [0, 0.05) is 22.8 Å². The lowest BCUT2D eigenvalue weighted by Gasteiger charge is -2.32. The molecule has 1 aliphatic heterocycles. The van der Waals surface area contributed by atoms with Crippen molar-refractivity contribution >= 4 is 17.3 Å². The van der Waals surface area contributed by atoms with Crippen molar-refractivity contribution in [2.24, 2.45) is 0 Å². The maximum Gasteiger partial charge on any atom is 0.0531 e. The molecule has 0 fully saturated rings. The summed E-state index contributed by atoms with van der Waals surface area (Å²) in [5.41, 5.74) is 2.46. The predicted molar refractivity (Wildman–Crippen MR) is 72.9 cm³/mol. The lowest BCUT2D eigenvalue weighted by molar-refractivity contribution is 0.173. The SMILES string of the molecule is CC(O)CC1Cc2c(Cl)cccc2N1C(C)C. The van der Waals surface area contributed by atoms with E-state index >= 15 is 0 Å². The number of rotatable bonds is 3. The number of hydrogen-bond donors (Lipinski definition) is 1. The van der Waals surface area contributed by atoms with Gasteiger partial charge in [0.05, 0.1) is 6.10 Å². The normalized spacial score (nSPS) is 20.8. The first-order chi connectivity index (χ1) is 8.00. The van der Waals surface area contributed by atoms with Crippen molar-refractivity contribution < 1.29 is 5.11 Å². The van der Waals surface area contributed by atoms with Gasteiger partial charge in [-0.15, -0.1) is 0 Å². The predicted octanol–water partition coefficient (Wildman–Crippen LogP) is 3.25. The molecule has 0 amide bonds. The summed E-state index contributed by atoms with van der Waals surface area (Å²) in [5, 5.41) is 10.4. The van der Waals surface area contributed by atoms with E-state index in [1.54, 1.807) is 0 Å². The molecule has 2 unspecified atom stereocenters. The van der Waals surface area contributed by atoms with Gasteiger partial charge >= 0.3 is 0 Å². The molecule has 1 heterocycles. The van der Waals surface area contributed by atoms with Crippen molar-refractivity contribution in [3.05, 3.63) is 28.8 Å². The molecule has 0 spiro atoms. The van der Waals surface area contributed by atoms with Crippen LogP contribution in [0.5, 0.6) is 0 Å². The second-order valence-electron chi connectivity index (χ2n) is 5.18. The standard InChI is InChI=1S/C14H20ClNO/c1-9(2)16-11(7-10(3)17)8-12-13(15)5-4-6-14(12)16/h4-6,9-11,17H,7-8H2,1-3H3. The Morgan fingerprint density at radius 2 is 2.12 bits per heavy atom. The summed E-state index contributed by atoms with van der Waals surface area (Å²) >= 11 is 6.25. The highest BCUT2D eigenvalue weighted by molar-refractivity contribution is 6.31. The molecule has 1 aliphatic rings. The minimum Gasteiger partial charge on any atom is -0.393 e. The summed E-state index contributed by atoms with van der Waals surface area (Å²) in [6, 6.07) is 6.87. The topological polar surface area (TPSA) is 23.5 Å². The number of halogens is 1. The van der Waals surface area contributed by atoms with Gasteiger partial charge in [0.1, 0.15) is 0 Å². The zero-order valence-corrected chi connectivity index (χ0v) is 11.4. The van der Waals surface area contributed by atoms with Crippen LogP contribution in [0, 0.1) is 0 Å². The largest absolute Gasteiger partial charge is 0.393 e. The van der Waals surface area contributed by atoms with E-state index in [9.17, 15) is 5.11 Å². The van der Waals surface area contributed by atoms with Gasteiger partial charge in [-0.05, 0) is 51.3 Å².